The largest absolute Gasteiger partial charge is 0.507 e. The van der Waals surface area contributed by atoms with Crippen molar-refractivity contribution >= 4 is 59.8 Å². The second kappa shape index (κ2) is 43.2. The Kier molecular flexibility index (Phi) is 32.0. The standard InChI is InChI=1S/C19H24N4O2.C19H23N3O3.C19H25N3O3.C19H25N3O2.C19H24N2O3/c1-4-14-15(7-5-9-18(14)24)21-19(25)22-12-6-8-16(22)17-10-11-20-23(17)13(2)3;1-4-14-17(23)8-5-9-18(14)25-19(24)21-12-6-7-15(21)16-10-11-20-22(16)13(2)3;1-4-16-17(23)6-5-7-18(16)25-13-15-12-24-11-10-21(15)19-8-9-20-22(19)14(2)3;1-4-16-17(23)8-5-9-18(16)24-13-15-7-6-12-21(15)19-10-11-20-22(19)14(2)3;1-4-15-18(22)6-5-7-19(15)24-11-14-10-23-12-16(14)17-8-9-20-21(17)13(2)3/h4-5,7,9-11,13,16,24H,1,6,8,12H2,2-3H3,(H,21,25);4-5,8-11,13,15,23H,1,6-7,12H2,2-3H3;4-9,14-15,23H,1,10-13H2,2-3H3;4-5,8-11,14-15,23H,1,6-7,12-13H2,2-3H3;4-9,13-14,16,22H,1,10-12H2,2-3H3. The molecule has 5 aliphatic rings. The van der Waals surface area contributed by atoms with Crippen molar-refractivity contribution in [3.05, 3.63) is 230 Å². The molecule has 28 heteroatoms. The molecule has 6 unspecified atom stereocenters. The van der Waals surface area contributed by atoms with Crippen LogP contribution in [0, 0.1) is 5.92 Å². The third-order valence-electron chi connectivity index (χ3n) is 22.3. The van der Waals surface area contributed by atoms with Crippen LogP contribution in [0.4, 0.5) is 26.9 Å². The number of ether oxygens (including phenoxy) is 6. The van der Waals surface area contributed by atoms with Crippen LogP contribution in [0.2, 0.25) is 0 Å². The number of anilines is 3. The molecule has 0 bridgehead atoms. The maximum Gasteiger partial charge on any atom is 0.415 e. The zero-order valence-electron chi connectivity index (χ0n) is 72.5. The molecular formula is C95H121N15O13. The lowest BCUT2D eigenvalue weighted by molar-refractivity contribution is 0.0758. The Hall–Kier alpha value is -12.7. The van der Waals surface area contributed by atoms with Gasteiger partial charge < -0.3 is 74.0 Å². The summed E-state index contributed by atoms with van der Waals surface area (Å²) in [6.45, 7) is 47.0. The Morgan fingerprint density at radius 1 is 0.423 bits per heavy atom. The number of urea groups is 1. The monoisotopic (exact) mass is 1680 g/mol. The van der Waals surface area contributed by atoms with Crippen LogP contribution in [0.5, 0.6) is 51.7 Å². The minimum absolute atomic E-state index is 0.00869. The number of aromatic hydroxyl groups is 5. The van der Waals surface area contributed by atoms with E-state index in [2.05, 4.69) is 164 Å². The smallest absolute Gasteiger partial charge is 0.415 e. The molecule has 5 aliphatic heterocycles. The molecule has 0 spiro atoms. The summed E-state index contributed by atoms with van der Waals surface area (Å²) in [5.74, 6) is 5.68. The van der Waals surface area contributed by atoms with Gasteiger partial charge in [0.2, 0.25) is 0 Å². The summed E-state index contributed by atoms with van der Waals surface area (Å²) in [5.41, 5.74) is 6.65. The van der Waals surface area contributed by atoms with Crippen molar-refractivity contribution in [2.75, 3.05) is 87.5 Å². The van der Waals surface area contributed by atoms with E-state index in [0.717, 1.165) is 74.6 Å². The third kappa shape index (κ3) is 22.0. The van der Waals surface area contributed by atoms with Crippen LogP contribution < -0.4 is 34.1 Å². The number of hydrogen-bond donors (Lipinski definition) is 6. The maximum atomic E-state index is 12.9. The van der Waals surface area contributed by atoms with Gasteiger partial charge in [-0.15, -0.1) is 0 Å². The molecule has 10 heterocycles. The van der Waals surface area contributed by atoms with Crippen LogP contribution in [0.25, 0.3) is 30.4 Å². The Bertz CT molecular complexity index is 4920. The van der Waals surface area contributed by atoms with Crippen molar-refractivity contribution in [2.24, 2.45) is 5.92 Å². The number of phenols is 5. The van der Waals surface area contributed by atoms with Crippen molar-refractivity contribution in [2.45, 2.75) is 168 Å². The summed E-state index contributed by atoms with van der Waals surface area (Å²) < 4.78 is 45.0. The lowest BCUT2D eigenvalue weighted by atomic mass is 9.93. The van der Waals surface area contributed by atoms with Crippen molar-refractivity contribution in [1.29, 1.82) is 0 Å². The normalized spacial score (nSPS) is 17.9. The Balaban J connectivity index is 0.000000150. The van der Waals surface area contributed by atoms with E-state index >= 15 is 0 Å². The number of carbonyl (C=O) groups excluding carboxylic acids is 2. The summed E-state index contributed by atoms with van der Waals surface area (Å²) >= 11 is 0. The SMILES string of the molecule is C=Cc1c(O)cccc1NC(=O)N1CCCC1c1ccnn1C(C)C.C=Cc1c(O)cccc1OC(=O)N1CCCC1c1ccnn1C(C)C.C=Cc1c(O)cccc1OCC1CCCN1c1ccnn1C(C)C.C=Cc1c(O)cccc1OCC1COCC1c1ccnn1C(C)C.C=Cc1c(O)cccc1OCC1COCCN1c1ccnn1C(C)C. The van der Waals surface area contributed by atoms with E-state index in [-0.39, 0.29) is 82.9 Å². The summed E-state index contributed by atoms with van der Waals surface area (Å²) in [7, 11) is 0. The molecule has 5 saturated heterocycles. The summed E-state index contributed by atoms with van der Waals surface area (Å²) in [6.07, 6.45) is 22.4. The highest BCUT2D eigenvalue weighted by molar-refractivity contribution is 5.93. The average Bonchev–Trinajstić information content (AvgIpc) is 1.90. The first kappa shape index (κ1) is 91.1. The molecule has 0 saturated carbocycles. The molecular weight excluding hydrogens is 1560 g/mol. The van der Waals surface area contributed by atoms with Crippen molar-refractivity contribution in [3.8, 4) is 51.7 Å². The molecule has 15 rings (SSSR count). The molecule has 6 N–H and O–H groups in total. The fourth-order valence-corrected chi connectivity index (χ4v) is 16.3. The van der Waals surface area contributed by atoms with Crippen LogP contribution in [0.15, 0.2) is 185 Å². The van der Waals surface area contributed by atoms with Crippen LogP contribution in [0.1, 0.15) is 201 Å². The van der Waals surface area contributed by atoms with Crippen molar-refractivity contribution in [3.63, 3.8) is 0 Å². The van der Waals surface area contributed by atoms with Crippen molar-refractivity contribution in [1.82, 2.24) is 58.7 Å². The van der Waals surface area contributed by atoms with E-state index in [1.165, 1.54) is 17.8 Å². The number of nitrogens with one attached hydrogen (secondary N) is 1. The second-order valence-corrected chi connectivity index (χ2v) is 32.1. The number of aromatic nitrogens is 10. The molecule has 5 fully saturated rings. The van der Waals surface area contributed by atoms with E-state index in [9.17, 15) is 35.1 Å². The zero-order chi connectivity index (χ0) is 88.0. The Morgan fingerprint density at radius 3 is 1.30 bits per heavy atom. The number of morpholine rings is 1. The molecule has 5 aromatic carbocycles. The van der Waals surface area contributed by atoms with Gasteiger partial charge in [0.1, 0.15) is 76.6 Å². The highest BCUT2D eigenvalue weighted by Crippen LogP contribution is 2.41. The number of benzene rings is 5. The molecule has 3 amide bonds. The predicted molar refractivity (Wildman–Crippen MR) is 482 cm³/mol. The number of hydrogen-bond acceptors (Lipinski definition) is 20. The Labute approximate surface area is 721 Å². The molecule has 10 aromatic rings. The quantitative estimate of drug-likeness (QED) is 0.0293. The molecule has 0 aliphatic carbocycles. The number of likely N-dealkylation sites (tertiary alicyclic amines) is 2. The van der Waals surface area contributed by atoms with Gasteiger partial charge in [0.05, 0.1) is 109 Å². The highest BCUT2D eigenvalue weighted by atomic mass is 16.6. The number of carbonyl (C=O) groups is 2. The number of rotatable bonds is 26. The topological polar surface area (TPSA) is 305 Å². The fourth-order valence-electron chi connectivity index (χ4n) is 16.3. The molecule has 5 aromatic heterocycles. The number of phenolic OH excluding ortho intramolecular Hbond substituents is 5. The predicted octanol–water partition coefficient (Wildman–Crippen LogP) is 18.9. The van der Waals surface area contributed by atoms with E-state index < -0.39 is 6.09 Å². The first-order valence-corrected chi connectivity index (χ1v) is 42.4. The van der Waals surface area contributed by atoms with Gasteiger partial charge in [-0.3, -0.25) is 18.9 Å². The lowest BCUT2D eigenvalue weighted by Crippen LogP contribution is -2.49. The van der Waals surface area contributed by atoms with Crippen LogP contribution in [0.3, 0.4) is 0 Å². The zero-order valence-corrected chi connectivity index (χ0v) is 72.5. The van der Waals surface area contributed by atoms with Crippen LogP contribution in [-0.4, -0.2) is 181 Å². The van der Waals surface area contributed by atoms with Gasteiger partial charge >= 0.3 is 12.1 Å². The fraction of sp³-hybridized carbons (Fsp3) is 0.400. The van der Waals surface area contributed by atoms with Gasteiger partial charge in [0, 0.05) is 110 Å². The molecule has 123 heavy (non-hydrogen) atoms. The minimum atomic E-state index is -0.423. The van der Waals surface area contributed by atoms with E-state index in [1.54, 1.807) is 108 Å². The van der Waals surface area contributed by atoms with Crippen LogP contribution >= 0.6 is 0 Å². The van der Waals surface area contributed by atoms with Gasteiger partial charge in [-0.2, -0.15) is 25.5 Å². The first-order chi connectivity index (χ1) is 59.4. The Morgan fingerprint density at radius 2 is 0.813 bits per heavy atom. The first-order valence-electron chi connectivity index (χ1n) is 42.4. The molecule has 0 radical (unpaired) electrons. The lowest BCUT2D eigenvalue weighted by Gasteiger charge is -2.37. The highest BCUT2D eigenvalue weighted by Gasteiger charge is 2.38. The van der Waals surface area contributed by atoms with Gasteiger partial charge in [0.25, 0.3) is 0 Å². The molecule has 654 valence electrons. The van der Waals surface area contributed by atoms with Gasteiger partial charge in [-0.1, -0.05) is 93.6 Å². The summed E-state index contributed by atoms with van der Waals surface area (Å²) in [4.78, 5) is 33.8. The summed E-state index contributed by atoms with van der Waals surface area (Å²) in [6, 6.07) is 37.3. The van der Waals surface area contributed by atoms with E-state index in [0.29, 0.717) is 134 Å². The van der Waals surface area contributed by atoms with Crippen molar-refractivity contribution < 1.29 is 63.5 Å². The molecule has 6 atom stereocenters. The third-order valence-corrected chi connectivity index (χ3v) is 22.3. The van der Waals surface area contributed by atoms with Crippen LogP contribution in [-0.2, 0) is 9.47 Å². The van der Waals surface area contributed by atoms with E-state index in [4.69, 9.17) is 28.4 Å². The summed E-state index contributed by atoms with van der Waals surface area (Å²) in [5, 5.41) is 74.5. The van der Waals surface area contributed by atoms with Gasteiger partial charge in [-0.05, 0) is 187 Å². The molecule has 28 nitrogen and oxygen atoms in total. The second-order valence-electron chi connectivity index (χ2n) is 32.1. The minimum Gasteiger partial charge on any atom is -0.507 e. The average molecular weight is 1680 g/mol. The maximum absolute atomic E-state index is 12.9. The number of amides is 3. The van der Waals surface area contributed by atoms with Gasteiger partial charge in [0.15, 0.2) is 0 Å². The number of nitrogens with zero attached hydrogens (tertiary/aromatic N) is 14. The van der Waals surface area contributed by atoms with Gasteiger partial charge in [-0.25, -0.2) is 19.0 Å². The van der Waals surface area contributed by atoms with E-state index in [1.807, 2.05) is 73.9 Å².